The van der Waals surface area contributed by atoms with Gasteiger partial charge in [-0.15, -0.1) is 0 Å². The number of rotatable bonds is 15. The van der Waals surface area contributed by atoms with E-state index in [2.05, 4.69) is 22.3 Å². The molecule has 4 N–H and O–H groups in total. The first-order chi connectivity index (χ1) is 18.3. The van der Waals surface area contributed by atoms with Gasteiger partial charge in [-0.05, 0) is 46.1 Å². The van der Waals surface area contributed by atoms with Gasteiger partial charge in [0.25, 0.3) is 0 Å². The number of aryl methyl sites for hydroxylation is 1. The predicted octanol–water partition coefficient (Wildman–Crippen LogP) is 2.89. The van der Waals surface area contributed by atoms with Crippen LogP contribution in [0.2, 0.25) is 0 Å². The second kappa shape index (κ2) is 16.4. The molecule has 39 heavy (non-hydrogen) atoms. The van der Waals surface area contributed by atoms with Gasteiger partial charge in [0.1, 0.15) is 24.2 Å². The Balaban J connectivity index is 3.50. The van der Waals surface area contributed by atoms with Crippen molar-refractivity contribution in [3.8, 4) is 0 Å². The molecule has 0 aliphatic carbocycles. The van der Waals surface area contributed by atoms with Gasteiger partial charge in [-0.1, -0.05) is 56.0 Å². The van der Waals surface area contributed by atoms with Crippen molar-refractivity contribution in [2.75, 3.05) is 20.2 Å². The highest BCUT2D eigenvalue weighted by molar-refractivity contribution is 5.93. The summed E-state index contributed by atoms with van der Waals surface area (Å²) in [5.74, 6) is -2.43. The second-order valence-corrected chi connectivity index (χ2v) is 10.4. The summed E-state index contributed by atoms with van der Waals surface area (Å²) in [4.78, 5) is 64.9. The molecule has 11 heteroatoms. The summed E-state index contributed by atoms with van der Waals surface area (Å²) in [6.07, 6.45) is 2.24. The molecule has 4 amide bonds. The number of alkyl carbamates (subject to hydrolysis) is 1. The van der Waals surface area contributed by atoms with Crippen molar-refractivity contribution in [2.24, 2.45) is 5.73 Å². The Kier molecular flexibility index (Phi) is 14.0. The number of methoxy groups -OCH3 is 1. The van der Waals surface area contributed by atoms with E-state index in [4.69, 9.17) is 10.5 Å². The van der Waals surface area contributed by atoms with Crippen molar-refractivity contribution in [2.45, 2.75) is 90.8 Å². The molecule has 0 fully saturated rings. The largest absolute Gasteiger partial charge is 0.468 e. The Labute approximate surface area is 231 Å². The van der Waals surface area contributed by atoms with Gasteiger partial charge < -0.3 is 30.7 Å². The maximum atomic E-state index is 14.1. The number of primary amides is 1. The maximum absolute atomic E-state index is 14.1. The number of carbonyl (C=O) groups excluding carboxylic acids is 5. The van der Waals surface area contributed by atoms with E-state index in [9.17, 15) is 24.0 Å². The third-order valence-corrected chi connectivity index (χ3v) is 5.76. The molecule has 1 aromatic rings. The standard InChI is InChI=1S/C28H44N4O7/c1-7-8-9-10-16-32(26(36)21(14-15-22(29)33)31-27(37)39-28(3,4)5)24(20-13-11-12-19(2)17-20)25(35)30-18-23(34)38-6/h11-13,17,21,24H,7-10,14-16,18H2,1-6H3,(H2,29,33)(H,30,35)(H,31,37). The Morgan fingerprint density at radius 2 is 1.77 bits per heavy atom. The lowest BCUT2D eigenvalue weighted by Crippen LogP contribution is -2.53. The Morgan fingerprint density at radius 3 is 2.33 bits per heavy atom. The van der Waals surface area contributed by atoms with E-state index in [0.717, 1.165) is 24.8 Å². The summed E-state index contributed by atoms with van der Waals surface area (Å²) in [7, 11) is 1.21. The van der Waals surface area contributed by atoms with Gasteiger partial charge in [0.05, 0.1) is 7.11 Å². The summed E-state index contributed by atoms with van der Waals surface area (Å²) in [5.41, 5.74) is 5.93. The van der Waals surface area contributed by atoms with Crippen LogP contribution in [0.4, 0.5) is 4.79 Å². The molecule has 218 valence electrons. The molecule has 0 spiro atoms. The van der Waals surface area contributed by atoms with Crippen molar-refractivity contribution in [3.63, 3.8) is 0 Å². The summed E-state index contributed by atoms with van der Waals surface area (Å²) in [6.45, 7) is 8.80. The third kappa shape index (κ3) is 12.6. The summed E-state index contributed by atoms with van der Waals surface area (Å²) in [5, 5.41) is 5.12. The molecule has 11 nitrogen and oxygen atoms in total. The number of unbranched alkanes of at least 4 members (excludes halogenated alkanes) is 3. The van der Waals surface area contributed by atoms with Crippen LogP contribution >= 0.6 is 0 Å². The average molecular weight is 549 g/mol. The number of ether oxygens (including phenoxy) is 2. The number of benzene rings is 1. The summed E-state index contributed by atoms with van der Waals surface area (Å²) in [6, 6.07) is 4.85. The topological polar surface area (TPSA) is 157 Å². The first-order valence-corrected chi connectivity index (χ1v) is 13.3. The molecule has 0 heterocycles. The fourth-order valence-electron chi connectivity index (χ4n) is 3.91. The van der Waals surface area contributed by atoms with E-state index in [1.807, 2.05) is 13.0 Å². The highest BCUT2D eigenvalue weighted by Crippen LogP contribution is 2.25. The van der Waals surface area contributed by atoms with E-state index in [0.29, 0.717) is 12.0 Å². The van der Waals surface area contributed by atoms with Crippen LogP contribution in [0, 0.1) is 6.92 Å². The zero-order chi connectivity index (χ0) is 29.6. The minimum absolute atomic E-state index is 0.0802. The molecule has 0 saturated heterocycles. The van der Waals surface area contributed by atoms with Crippen LogP contribution in [0.5, 0.6) is 0 Å². The molecular weight excluding hydrogens is 504 g/mol. The molecule has 2 unspecified atom stereocenters. The number of amides is 4. The van der Waals surface area contributed by atoms with E-state index in [1.165, 1.54) is 12.0 Å². The zero-order valence-electron chi connectivity index (χ0n) is 24.0. The number of nitrogens with one attached hydrogen (secondary N) is 2. The molecule has 0 aliphatic heterocycles. The predicted molar refractivity (Wildman–Crippen MR) is 146 cm³/mol. The van der Waals surface area contributed by atoms with Gasteiger partial charge in [-0.2, -0.15) is 0 Å². The van der Waals surface area contributed by atoms with E-state index < -0.39 is 47.5 Å². The van der Waals surface area contributed by atoms with E-state index >= 15 is 0 Å². The lowest BCUT2D eigenvalue weighted by Gasteiger charge is -2.34. The van der Waals surface area contributed by atoms with Crippen molar-refractivity contribution in [1.29, 1.82) is 0 Å². The van der Waals surface area contributed by atoms with Gasteiger partial charge in [0.15, 0.2) is 0 Å². The number of hydrogen-bond donors (Lipinski definition) is 3. The quantitative estimate of drug-likeness (QED) is 0.225. The molecular formula is C28H44N4O7. The van der Waals surface area contributed by atoms with Gasteiger partial charge in [-0.25, -0.2) is 4.79 Å². The number of nitrogens with two attached hydrogens (primary N) is 1. The Morgan fingerprint density at radius 1 is 1.08 bits per heavy atom. The fraction of sp³-hybridized carbons (Fsp3) is 0.607. The van der Waals surface area contributed by atoms with Crippen LogP contribution in [0.25, 0.3) is 0 Å². The molecule has 0 radical (unpaired) electrons. The van der Waals surface area contributed by atoms with Crippen molar-refractivity contribution in [3.05, 3.63) is 35.4 Å². The van der Waals surface area contributed by atoms with E-state index in [-0.39, 0.29) is 25.9 Å². The monoisotopic (exact) mass is 548 g/mol. The number of hydrogen-bond acceptors (Lipinski definition) is 7. The number of esters is 1. The van der Waals surface area contributed by atoms with Crippen LogP contribution in [0.15, 0.2) is 24.3 Å². The van der Waals surface area contributed by atoms with Crippen LogP contribution in [0.1, 0.15) is 83.4 Å². The van der Waals surface area contributed by atoms with Gasteiger partial charge in [0, 0.05) is 13.0 Å². The highest BCUT2D eigenvalue weighted by atomic mass is 16.6. The minimum atomic E-state index is -1.18. The first-order valence-electron chi connectivity index (χ1n) is 13.3. The molecule has 1 aromatic carbocycles. The normalized spacial score (nSPS) is 12.6. The van der Waals surface area contributed by atoms with Gasteiger partial charge in [0.2, 0.25) is 17.7 Å². The molecule has 0 aliphatic rings. The number of carbonyl (C=O) groups is 5. The van der Waals surface area contributed by atoms with Crippen LogP contribution in [-0.4, -0.2) is 66.5 Å². The molecule has 0 saturated carbocycles. The summed E-state index contributed by atoms with van der Waals surface area (Å²) >= 11 is 0. The zero-order valence-corrected chi connectivity index (χ0v) is 24.0. The van der Waals surface area contributed by atoms with Gasteiger partial charge >= 0.3 is 12.1 Å². The maximum Gasteiger partial charge on any atom is 0.408 e. The van der Waals surface area contributed by atoms with Crippen LogP contribution in [-0.2, 0) is 28.7 Å². The van der Waals surface area contributed by atoms with Crippen molar-refractivity contribution in [1.82, 2.24) is 15.5 Å². The summed E-state index contributed by atoms with van der Waals surface area (Å²) < 4.78 is 9.98. The number of nitrogens with zero attached hydrogens (tertiary/aromatic N) is 1. The smallest absolute Gasteiger partial charge is 0.408 e. The molecule has 0 bridgehead atoms. The van der Waals surface area contributed by atoms with Gasteiger partial charge in [-0.3, -0.25) is 19.2 Å². The second-order valence-electron chi connectivity index (χ2n) is 10.4. The minimum Gasteiger partial charge on any atom is -0.468 e. The third-order valence-electron chi connectivity index (χ3n) is 5.76. The van der Waals surface area contributed by atoms with Crippen LogP contribution in [0.3, 0.4) is 0 Å². The lowest BCUT2D eigenvalue weighted by atomic mass is 9.99. The SMILES string of the molecule is CCCCCCN(C(=O)C(CCC(N)=O)NC(=O)OC(C)(C)C)C(C(=O)NCC(=O)OC)c1cccc(C)c1. The van der Waals surface area contributed by atoms with Crippen molar-refractivity contribution < 1.29 is 33.4 Å². The molecule has 0 aromatic heterocycles. The fourth-order valence-corrected chi connectivity index (χ4v) is 3.91. The van der Waals surface area contributed by atoms with Crippen LogP contribution < -0.4 is 16.4 Å². The highest BCUT2D eigenvalue weighted by Gasteiger charge is 2.36. The van der Waals surface area contributed by atoms with E-state index in [1.54, 1.807) is 39.0 Å². The Hall–Kier alpha value is -3.63. The molecule has 2 atom stereocenters. The Bertz CT molecular complexity index is 990. The average Bonchev–Trinajstić information content (AvgIpc) is 2.85. The van der Waals surface area contributed by atoms with Crippen molar-refractivity contribution >= 4 is 29.8 Å². The first kappa shape index (κ1) is 33.4. The molecule has 1 rings (SSSR count). The lowest BCUT2D eigenvalue weighted by molar-refractivity contribution is -0.145.